The Balaban J connectivity index is 1.65. The van der Waals surface area contributed by atoms with Crippen molar-refractivity contribution in [1.29, 1.82) is 0 Å². The highest BCUT2D eigenvalue weighted by atomic mass is 16.7. The fraction of sp³-hybridized carbons (Fsp3) is 0.409. The van der Waals surface area contributed by atoms with Crippen LogP contribution >= 0.6 is 0 Å². The van der Waals surface area contributed by atoms with Gasteiger partial charge >= 0.3 is 0 Å². The highest BCUT2D eigenvalue weighted by Crippen LogP contribution is 2.43. The second kappa shape index (κ2) is 8.93. The molecule has 1 saturated heterocycles. The van der Waals surface area contributed by atoms with Crippen molar-refractivity contribution in [2.24, 2.45) is 0 Å². The highest BCUT2D eigenvalue weighted by molar-refractivity contribution is 6.02. The molecule has 1 fully saturated rings. The minimum absolute atomic E-state index is 0.00200. The van der Waals surface area contributed by atoms with E-state index < -0.39 is 43.4 Å². The number of aliphatic hydroxyl groups excluding tert-OH is 4. The Kier molecular flexibility index (Phi) is 6.22. The van der Waals surface area contributed by atoms with Crippen LogP contribution in [-0.2, 0) is 4.74 Å². The summed E-state index contributed by atoms with van der Waals surface area (Å²) in [4.78, 5) is 13.0. The first-order chi connectivity index (χ1) is 15.3. The van der Waals surface area contributed by atoms with E-state index in [2.05, 4.69) is 0 Å². The maximum Gasteiger partial charge on any atom is 0.229 e. The van der Waals surface area contributed by atoms with Gasteiger partial charge in [-0.25, -0.2) is 0 Å². The number of Topliss-reactive ketones (excluding diaryl/α,β-unsaturated/α-hetero) is 1. The average Bonchev–Trinajstić information content (AvgIpc) is 2.79. The van der Waals surface area contributed by atoms with Crippen molar-refractivity contribution in [3.8, 4) is 23.0 Å². The Labute approximate surface area is 183 Å². The van der Waals surface area contributed by atoms with Crippen LogP contribution in [0.15, 0.2) is 36.4 Å². The molecular formula is C22H24O10. The van der Waals surface area contributed by atoms with E-state index in [4.69, 9.17) is 18.9 Å². The Hall–Kier alpha value is -2.89. The third kappa shape index (κ3) is 4.10. The summed E-state index contributed by atoms with van der Waals surface area (Å²) in [5.74, 6) is 0.290. The zero-order valence-corrected chi connectivity index (χ0v) is 17.1. The Bertz CT molecular complexity index is 973. The highest BCUT2D eigenvalue weighted by Gasteiger charge is 2.45. The van der Waals surface area contributed by atoms with Gasteiger partial charge in [-0.2, -0.15) is 0 Å². The lowest BCUT2D eigenvalue weighted by atomic mass is 9.95. The number of aromatic hydroxyl groups is 1. The Morgan fingerprint density at radius 3 is 2.44 bits per heavy atom. The molecule has 5 N–H and O–H groups in total. The maximum absolute atomic E-state index is 13.0. The molecular weight excluding hydrogens is 424 g/mol. The molecule has 0 spiro atoms. The van der Waals surface area contributed by atoms with Crippen LogP contribution in [0.25, 0.3) is 0 Å². The number of methoxy groups -OCH3 is 1. The van der Waals surface area contributed by atoms with Crippen molar-refractivity contribution in [1.82, 2.24) is 0 Å². The lowest BCUT2D eigenvalue weighted by molar-refractivity contribution is -0.277. The van der Waals surface area contributed by atoms with E-state index in [-0.39, 0.29) is 35.0 Å². The number of carbonyl (C=O) groups is 1. The number of hydrogen-bond acceptors (Lipinski definition) is 10. The first kappa shape index (κ1) is 22.3. The third-order valence-corrected chi connectivity index (χ3v) is 5.55. The quantitative estimate of drug-likeness (QED) is 0.431. The van der Waals surface area contributed by atoms with Crippen LogP contribution in [0.3, 0.4) is 0 Å². The van der Waals surface area contributed by atoms with Gasteiger partial charge in [0.15, 0.2) is 5.78 Å². The summed E-state index contributed by atoms with van der Waals surface area (Å²) in [6.45, 7) is -0.614. The molecule has 6 atom stereocenters. The van der Waals surface area contributed by atoms with E-state index >= 15 is 0 Å². The molecule has 0 bridgehead atoms. The number of hydrogen-bond donors (Lipinski definition) is 5. The fourth-order valence-corrected chi connectivity index (χ4v) is 3.77. The summed E-state index contributed by atoms with van der Waals surface area (Å²) in [7, 11) is 1.42. The summed E-state index contributed by atoms with van der Waals surface area (Å²) >= 11 is 0. The molecule has 0 aliphatic carbocycles. The number of ketones is 1. The largest absolute Gasteiger partial charge is 0.508 e. The Morgan fingerprint density at radius 2 is 1.78 bits per heavy atom. The lowest BCUT2D eigenvalue weighted by Crippen LogP contribution is -2.60. The van der Waals surface area contributed by atoms with Crippen molar-refractivity contribution >= 4 is 5.78 Å². The van der Waals surface area contributed by atoms with Crippen molar-refractivity contribution in [2.75, 3.05) is 13.7 Å². The number of aliphatic hydroxyl groups is 4. The molecule has 32 heavy (non-hydrogen) atoms. The van der Waals surface area contributed by atoms with Crippen molar-refractivity contribution in [3.63, 3.8) is 0 Å². The first-order valence-electron chi connectivity index (χ1n) is 10.0. The number of rotatable bonds is 5. The Morgan fingerprint density at radius 1 is 1.06 bits per heavy atom. The minimum atomic E-state index is -1.64. The van der Waals surface area contributed by atoms with E-state index in [0.717, 1.165) is 0 Å². The molecule has 0 saturated carbocycles. The molecule has 172 valence electrons. The smallest absolute Gasteiger partial charge is 0.229 e. The van der Waals surface area contributed by atoms with E-state index in [1.165, 1.54) is 31.4 Å². The lowest BCUT2D eigenvalue weighted by Gasteiger charge is -2.40. The zero-order chi connectivity index (χ0) is 23.0. The van der Waals surface area contributed by atoms with Crippen molar-refractivity contribution in [2.45, 2.75) is 43.2 Å². The standard InChI is InChI=1S/C22H24O10/c1-29-12-6-15-18(13(25)8-14(30-15)10-2-4-11(24)5-3-10)16(7-12)31-22-21(28)20(27)19(26)17(9-23)32-22/h2-7,14,17,19-24,26-28H,8-9H2,1H3/t14-,17+,19-,20-,21-,22-/m1/s1. The molecule has 2 aliphatic rings. The number of benzene rings is 2. The zero-order valence-electron chi connectivity index (χ0n) is 17.1. The SMILES string of the molecule is COc1cc(O[C@@H]2O[C@@H](CO)[C@@H](O)[C@@H](O)[C@H]2O)c2c(c1)O[C@@H](c1ccc(O)cc1)CC2=O. The van der Waals surface area contributed by atoms with Crippen LogP contribution in [0.1, 0.15) is 28.4 Å². The number of phenols is 1. The second-order valence-corrected chi connectivity index (χ2v) is 7.64. The van der Waals surface area contributed by atoms with Crippen LogP contribution in [0.2, 0.25) is 0 Å². The van der Waals surface area contributed by atoms with Crippen LogP contribution in [0.5, 0.6) is 23.0 Å². The van der Waals surface area contributed by atoms with E-state index in [1.54, 1.807) is 12.1 Å². The molecule has 0 aromatic heterocycles. The fourth-order valence-electron chi connectivity index (χ4n) is 3.77. The number of fused-ring (bicyclic) bond motifs is 1. The van der Waals surface area contributed by atoms with Crippen LogP contribution in [-0.4, -0.2) is 75.7 Å². The van der Waals surface area contributed by atoms with Gasteiger partial charge in [-0.15, -0.1) is 0 Å². The molecule has 2 aromatic rings. The number of carbonyl (C=O) groups excluding carboxylic acids is 1. The minimum Gasteiger partial charge on any atom is -0.508 e. The number of phenolic OH excluding ortho intramolecular Hbond substituents is 1. The van der Waals surface area contributed by atoms with Gasteiger partial charge < -0.3 is 44.5 Å². The predicted octanol–water partition coefficient (Wildman–Crippen LogP) is 0.286. The van der Waals surface area contributed by atoms with Crippen LogP contribution in [0, 0.1) is 0 Å². The van der Waals surface area contributed by atoms with Crippen molar-refractivity contribution < 1.29 is 49.3 Å². The summed E-state index contributed by atoms with van der Waals surface area (Å²) in [6.07, 6.45) is -8.03. The third-order valence-electron chi connectivity index (χ3n) is 5.55. The molecule has 0 radical (unpaired) electrons. The van der Waals surface area contributed by atoms with E-state index in [9.17, 15) is 30.3 Å². The number of ether oxygens (including phenoxy) is 4. The summed E-state index contributed by atoms with van der Waals surface area (Å²) in [6, 6.07) is 9.26. The maximum atomic E-state index is 13.0. The molecule has 2 heterocycles. The predicted molar refractivity (Wildman–Crippen MR) is 108 cm³/mol. The van der Waals surface area contributed by atoms with Gasteiger partial charge in [0.2, 0.25) is 6.29 Å². The second-order valence-electron chi connectivity index (χ2n) is 7.64. The summed E-state index contributed by atoms with van der Waals surface area (Å²) in [5.41, 5.74) is 0.804. The molecule has 10 nitrogen and oxygen atoms in total. The average molecular weight is 448 g/mol. The van der Waals surface area contributed by atoms with Gasteiger partial charge in [0.05, 0.1) is 20.1 Å². The van der Waals surface area contributed by atoms with Crippen molar-refractivity contribution in [3.05, 3.63) is 47.5 Å². The van der Waals surface area contributed by atoms with Gasteiger partial charge in [0.1, 0.15) is 59.1 Å². The molecule has 0 amide bonds. The van der Waals surface area contributed by atoms with E-state index in [1.807, 2.05) is 0 Å². The molecule has 2 aromatic carbocycles. The van der Waals surface area contributed by atoms with Gasteiger partial charge in [0, 0.05) is 12.1 Å². The van der Waals surface area contributed by atoms with Gasteiger partial charge in [0.25, 0.3) is 0 Å². The van der Waals surface area contributed by atoms with Gasteiger partial charge in [-0.3, -0.25) is 4.79 Å². The van der Waals surface area contributed by atoms with Crippen LogP contribution in [0.4, 0.5) is 0 Å². The summed E-state index contributed by atoms with van der Waals surface area (Å²) in [5, 5.41) is 49.1. The molecule has 0 unspecified atom stereocenters. The topological polar surface area (TPSA) is 155 Å². The molecule has 2 aliphatic heterocycles. The monoisotopic (exact) mass is 448 g/mol. The summed E-state index contributed by atoms with van der Waals surface area (Å²) < 4.78 is 22.4. The molecule has 4 rings (SSSR count). The molecule has 10 heteroatoms. The first-order valence-corrected chi connectivity index (χ1v) is 10.0. The van der Waals surface area contributed by atoms with E-state index in [0.29, 0.717) is 11.3 Å². The normalized spacial score (nSPS) is 29.7. The van der Waals surface area contributed by atoms with Crippen LogP contribution < -0.4 is 14.2 Å². The van der Waals surface area contributed by atoms with Gasteiger partial charge in [-0.1, -0.05) is 12.1 Å². The van der Waals surface area contributed by atoms with Gasteiger partial charge in [-0.05, 0) is 17.7 Å².